The highest BCUT2D eigenvalue weighted by Crippen LogP contribution is 2.43. The Morgan fingerprint density at radius 2 is 1.48 bits per heavy atom. The topological polar surface area (TPSA) is 21.2 Å². The average Bonchev–Trinajstić information content (AvgIpc) is 3.61. The summed E-state index contributed by atoms with van der Waals surface area (Å²) in [6.45, 7) is 2.25. The molecule has 0 unspecified atom stereocenters. The zero-order chi connectivity index (χ0) is 22.1. The molecule has 0 amide bonds. The van der Waals surface area contributed by atoms with Crippen LogP contribution in [-0.4, -0.2) is 9.38 Å². The van der Waals surface area contributed by atoms with Crippen LogP contribution in [0.15, 0.2) is 48.7 Å². The van der Waals surface area contributed by atoms with Gasteiger partial charge in [-0.1, -0.05) is 49.9 Å². The minimum Gasteiger partial charge on any atom is -0.255 e. The highest BCUT2D eigenvalue weighted by atomic mass is 15.1. The Bertz CT molecular complexity index is 1550. The van der Waals surface area contributed by atoms with Gasteiger partial charge in [0.25, 0.3) is 5.65 Å². The number of aromatic nitrogens is 3. The first-order valence-corrected chi connectivity index (χ1v) is 12.9. The summed E-state index contributed by atoms with van der Waals surface area (Å²) in [5.41, 5.74) is 10.9. The Balaban J connectivity index is 1.75. The number of aryl methyl sites for hydroxylation is 2. The molecule has 0 radical (unpaired) electrons. The number of benzene rings is 2. The van der Waals surface area contributed by atoms with E-state index in [1.165, 1.54) is 107 Å². The molecule has 7 rings (SSSR count). The first kappa shape index (κ1) is 19.5. The van der Waals surface area contributed by atoms with Crippen LogP contribution in [0.2, 0.25) is 0 Å². The molecular weight excluding hydrogens is 402 g/mol. The zero-order valence-corrected chi connectivity index (χ0v) is 19.8. The van der Waals surface area contributed by atoms with Crippen molar-refractivity contribution < 1.29 is 4.57 Å². The lowest BCUT2D eigenvalue weighted by atomic mass is 9.92. The third-order valence-corrected chi connectivity index (χ3v) is 8.69. The van der Waals surface area contributed by atoms with E-state index in [0.29, 0.717) is 11.8 Å². The monoisotopic (exact) mass is 434 g/mol. The zero-order valence-electron chi connectivity index (χ0n) is 19.8. The molecule has 166 valence electrons. The van der Waals surface area contributed by atoms with Gasteiger partial charge in [0.1, 0.15) is 5.52 Å². The second-order valence-corrected chi connectivity index (χ2v) is 10.5. The molecular formula is C30H32N3+. The first-order valence-electron chi connectivity index (χ1n) is 12.9. The van der Waals surface area contributed by atoms with Crippen molar-refractivity contribution in [1.82, 2.24) is 9.38 Å². The number of nitrogens with zero attached hydrogens (tertiary/aromatic N) is 3. The van der Waals surface area contributed by atoms with Gasteiger partial charge in [-0.15, -0.1) is 0 Å². The second-order valence-electron chi connectivity index (χ2n) is 10.5. The van der Waals surface area contributed by atoms with E-state index < -0.39 is 0 Å². The maximum Gasteiger partial charge on any atom is 0.297 e. The van der Waals surface area contributed by atoms with Crippen molar-refractivity contribution in [3.05, 3.63) is 65.4 Å². The molecule has 0 spiro atoms. The van der Waals surface area contributed by atoms with E-state index >= 15 is 0 Å². The normalized spacial score (nSPS) is 18.0. The van der Waals surface area contributed by atoms with E-state index in [1.807, 2.05) is 6.20 Å². The fourth-order valence-electron chi connectivity index (χ4n) is 7.12. The summed E-state index contributed by atoms with van der Waals surface area (Å²) in [7, 11) is 2.24. The highest BCUT2D eigenvalue weighted by Gasteiger charge is 2.31. The Morgan fingerprint density at radius 3 is 2.24 bits per heavy atom. The second kappa shape index (κ2) is 7.28. The van der Waals surface area contributed by atoms with E-state index in [-0.39, 0.29) is 0 Å². The molecule has 2 fully saturated rings. The molecule has 3 heteroatoms. The fraction of sp³-hybridized carbons (Fsp3) is 0.400. The van der Waals surface area contributed by atoms with Crippen molar-refractivity contribution in [3.8, 4) is 0 Å². The number of imidazole rings is 1. The predicted molar refractivity (Wildman–Crippen MR) is 136 cm³/mol. The van der Waals surface area contributed by atoms with E-state index in [4.69, 9.17) is 4.98 Å². The number of pyridine rings is 2. The average molecular weight is 435 g/mol. The molecule has 0 N–H and O–H groups in total. The van der Waals surface area contributed by atoms with E-state index in [9.17, 15) is 0 Å². The Kier molecular flexibility index (Phi) is 4.31. The van der Waals surface area contributed by atoms with Crippen LogP contribution in [0.1, 0.15) is 79.9 Å². The van der Waals surface area contributed by atoms with Gasteiger partial charge in [0, 0.05) is 11.8 Å². The van der Waals surface area contributed by atoms with Gasteiger partial charge >= 0.3 is 0 Å². The van der Waals surface area contributed by atoms with Gasteiger partial charge in [-0.25, -0.2) is 4.57 Å². The molecule has 2 saturated carbocycles. The van der Waals surface area contributed by atoms with Crippen LogP contribution in [0, 0.1) is 6.92 Å². The third kappa shape index (κ3) is 2.68. The Morgan fingerprint density at radius 1 is 0.818 bits per heavy atom. The maximum absolute atomic E-state index is 5.04. The molecule has 2 aliphatic rings. The molecule has 33 heavy (non-hydrogen) atoms. The van der Waals surface area contributed by atoms with Gasteiger partial charge in [0.2, 0.25) is 0 Å². The third-order valence-electron chi connectivity index (χ3n) is 8.69. The summed E-state index contributed by atoms with van der Waals surface area (Å²) in [5.74, 6) is 1.33. The van der Waals surface area contributed by atoms with Crippen LogP contribution in [-0.2, 0) is 7.05 Å². The number of hydrogen-bond donors (Lipinski definition) is 0. The van der Waals surface area contributed by atoms with Crippen molar-refractivity contribution in [2.75, 3.05) is 0 Å². The summed E-state index contributed by atoms with van der Waals surface area (Å²) in [6.07, 6.45) is 12.7. The minimum atomic E-state index is 0.654. The summed E-state index contributed by atoms with van der Waals surface area (Å²) < 4.78 is 5.03. The van der Waals surface area contributed by atoms with Crippen molar-refractivity contribution in [3.63, 3.8) is 0 Å². The summed E-state index contributed by atoms with van der Waals surface area (Å²) in [6, 6.07) is 16.2. The van der Waals surface area contributed by atoms with Crippen LogP contribution in [0.4, 0.5) is 0 Å². The highest BCUT2D eigenvalue weighted by molar-refractivity contribution is 6.13. The van der Waals surface area contributed by atoms with Crippen molar-refractivity contribution in [1.29, 1.82) is 0 Å². The lowest BCUT2D eigenvalue weighted by molar-refractivity contribution is -0.617. The van der Waals surface area contributed by atoms with Crippen LogP contribution in [0.5, 0.6) is 0 Å². The standard InChI is InChI=1S/C30H32N3/c1-19-17-18-31-28-26(19)30-32(2)25-16-8-14-23(21-11-5-6-12-21)29(25)33(30)24-15-7-13-22(27(24)28)20-9-3-4-10-20/h7-8,13-18,20-21H,3-6,9-12H2,1-2H3/q+1. The van der Waals surface area contributed by atoms with Gasteiger partial charge in [-0.2, -0.15) is 4.40 Å². The number of fused-ring (bicyclic) bond motifs is 8. The Labute approximate surface area is 195 Å². The minimum absolute atomic E-state index is 0.654. The summed E-state index contributed by atoms with van der Waals surface area (Å²) in [4.78, 5) is 5.04. The van der Waals surface area contributed by atoms with E-state index in [1.54, 1.807) is 0 Å². The quantitative estimate of drug-likeness (QED) is 0.212. The SMILES string of the molecule is Cc1ccnc2c3c(C4CCCC4)cccc3n3c4c(C5CCCC5)cccc4[n+](C)c3c12. The van der Waals surface area contributed by atoms with Crippen molar-refractivity contribution in [2.45, 2.75) is 70.1 Å². The molecule has 2 aromatic carbocycles. The van der Waals surface area contributed by atoms with Crippen LogP contribution in [0.3, 0.4) is 0 Å². The molecule has 5 aromatic rings. The maximum atomic E-state index is 5.04. The van der Waals surface area contributed by atoms with Gasteiger partial charge in [0.15, 0.2) is 11.0 Å². The van der Waals surface area contributed by atoms with Crippen LogP contribution >= 0.6 is 0 Å². The molecule has 3 aromatic heterocycles. The lowest BCUT2D eigenvalue weighted by Crippen LogP contribution is -2.27. The van der Waals surface area contributed by atoms with Gasteiger partial charge in [-0.3, -0.25) is 4.98 Å². The van der Waals surface area contributed by atoms with E-state index in [0.717, 1.165) is 0 Å². The van der Waals surface area contributed by atoms with Crippen LogP contribution < -0.4 is 4.57 Å². The van der Waals surface area contributed by atoms with Crippen LogP contribution in [0.25, 0.3) is 38.5 Å². The van der Waals surface area contributed by atoms with Gasteiger partial charge in [-0.05, 0) is 73.8 Å². The number of hydrogen-bond acceptors (Lipinski definition) is 1. The Hall–Kier alpha value is -2.94. The number of para-hydroxylation sites is 1. The largest absolute Gasteiger partial charge is 0.297 e. The molecule has 3 heterocycles. The molecule has 0 bridgehead atoms. The fourth-order valence-corrected chi connectivity index (χ4v) is 7.12. The molecule has 0 saturated heterocycles. The summed E-state index contributed by atoms with van der Waals surface area (Å²) in [5, 5.41) is 2.70. The molecule has 3 nitrogen and oxygen atoms in total. The van der Waals surface area contributed by atoms with Gasteiger partial charge < -0.3 is 0 Å². The predicted octanol–water partition coefficient (Wildman–Crippen LogP) is 7.24. The number of rotatable bonds is 2. The van der Waals surface area contributed by atoms with Crippen molar-refractivity contribution >= 4 is 38.5 Å². The van der Waals surface area contributed by atoms with Gasteiger partial charge in [0.05, 0.1) is 23.3 Å². The molecule has 0 aliphatic heterocycles. The molecule has 0 atom stereocenters. The molecule has 2 aliphatic carbocycles. The van der Waals surface area contributed by atoms with E-state index in [2.05, 4.69) is 65.4 Å². The first-order chi connectivity index (χ1) is 16.2. The smallest absolute Gasteiger partial charge is 0.255 e. The van der Waals surface area contributed by atoms with Crippen molar-refractivity contribution in [2.24, 2.45) is 7.05 Å². The summed E-state index contributed by atoms with van der Waals surface area (Å²) >= 11 is 0. The lowest BCUT2D eigenvalue weighted by Gasteiger charge is -2.15.